The molecule has 0 bridgehead atoms. The lowest BCUT2D eigenvalue weighted by Crippen LogP contribution is -1.98. The van der Waals surface area contributed by atoms with Crippen molar-refractivity contribution in [1.82, 2.24) is 9.97 Å². The average Bonchev–Trinajstić information content (AvgIpc) is 2.27. The first-order valence-corrected chi connectivity index (χ1v) is 4.69. The molecule has 6 heteroatoms. The molecule has 0 saturated heterocycles. The van der Waals surface area contributed by atoms with Crippen LogP contribution in [0.15, 0.2) is 24.5 Å². The van der Waals surface area contributed by atoms with Crippen molar-refractivity contribution in [2.24, 2.45) is 0 Å². The van der Waals surface area contributed by atoms with Gasteiger partial charge in [0.1, 0.15) is 17.2 Å². The zero-order valence-corrected chi connectivity index (χ0v) is 8.67. The molecule has 1 aromatic heterocycles. The van der Waals surface area contributed by atoms with Crippen molar-refractivity contribution >= 4 is 17.4 Å². The van der Waals surface area contributed by atoms with Gasteiger partial charge in [0.05, 0.1) is 5.69 Å². The second kappa shape index (κ2) is 4.02. The van der Waals surface area contributed by atoms with Gasteiger partial charge in [-0.05, 0) is 12.1 Å². The van der Waals surface area contributed by atoms with E-state index in [9.17, 15) is 8.78 Å². The van der Waals surface area contributed by atoms with E-state index in [0.29, 0.717) is 0 Å². The molecule has 0 aliphatic heterocycles. The number of rotatable bonds is 1. The molecule has 16 heavy (non-hydrogen) atoms. The Hall–Kier alpha value is -1.75. The number of anilines is 1. The van der Waals surface area contributed by atoms with Crippen LogP contribution in [0.1, 0.15) is 0 Å². The SMILES string of the molecule is Nc1ncnc(-c2cccc(F)c2F)c1Cl. The van der Waals surface area contributed by atoms with Crippen molar-refractivity contribution in [3.05, 3.63) is 41.2 Å². The summed E-state index contributed by atoms with van der Waals surface area (Å²) < 4.78 is 26.5. The lowest BCUT2D eigenvalue weighted by Gasteiger charge is -2.06. The van der Waals surface area contributed by atoms with Gasteiger partial charge in [-0.3, -0.25) is 0 Å². The number of nitrogen functional groups attached to an aromatic ring is 1. The van der Waals surface area contributed by atoms with Crippen molar-refractivity contribution in [1.29, 1.82) is 0 Å². The van der Waals surface area contributed by atoms with Crippen LogP contribution in [-0.2, 0) is 0 Å². The van der Waals surface area contributed by atoms with Crippen molar-refractivity contribution < 1.29 is 8.78 Å². The maximum Gasteiger partial charge on any atom is 0.168 e. The molecule has 2 aromatic rings. The number of halogens is 3. The Bertz CT molecular complexity index is 496. The molecule has 0 radical (unpaired) electrons. The van der Waals surface area contributed by atoms with Crippen LogP contribution in [0.3, 0.4) is 0 Å². The molecule has 2 N–H and O–H groups in total. The Kier molecular flexibility index (Phi) is 2.70. The van der Waals surface area contributed by atoms with E-state index in [2.05, 4.69) is 9.97 Å². The second-order valence-corrected chi connectivity index (χ2v) is 3.40. The summed E-state index contributed by atoms with van der Waals surface area (Å²) in [7, 11) is 0. The molecule has 0 aliphatic carbocycles. The maximum atomic E-state index is 13.5. The van der Waals surface area contributed by atoms with Gasteiger partial charge in [-0.25, -0.2) is 18.7 Å². The van der Waals surface area contributed by atoms with Gasteiger partial charge < -0.3 is 5.73 Å². The lowest BCUT2D eigenvalue weighted by molar-refractivity contribution is 0.511. The van der Waals surface area contributed by atoms with E-state index in [1.54, 1.807) is 0 Å². The first-order valence-electron chi connectivity index (χ1n) is 4.31. The molecule has 0 fully saturated rings. The van der Waals surface area contributed by atoms with E-state index in [1.165, 1.54) is 12.1 Å². The molecule has 0 atom stereocenters. The predicted molar refractivity (Wildman–Crippen MR) is 56.8 cm³/mol. The van der Waals surface area contributed by atoms with E-state index in [0.717, 1.165) is 12.4 Å². The van der Waals surface area contributed by atoms with Crippen LogP contribution in [0, 0.1) is 11.6 Å². The van der Waals surface area contributed by atoms with Crippen LogP contribution in [0.4, 0.5) is 14.6 Å². The minimum absolute atomic E-state index is 0.00648. The molecular formula is C10H6ClF2N3. The third kappa shape index (κ3) is 1.69. The average molecular weight is 242 g/mol. The highest BCUT2D eigenvalue weighted by Crippen LogP contribution is 2.30. The third-order valence-electron chi connectivity index (χ3n) is 2.02. The predicted octanol–water partition coefficient (Wildman–Crippen LogP) is 2.66. The Labute approximate surface area is 94.9 Å². The number of benzene rings is 1. The number of aromatic nitrogens is 2. The highest BCUT2D eigenvalue weighted by molar-refractivity contribution is 6.35. The van der Waals surface area contributed by atoms with Gasteiger partial charge in [0.15, 0.2) is 11.6 Å². The van der Waals surface area contributed by atoms with Gasteiger partial charge >= 0.3 is 0 Å². The van der Waals surface area contributed by atoms with Crippen LogP contribution in [0.5, 0.6) is 0 Å². The minimum atomic E-state index is -1.01. The number of hydrogen-bond donors (Lipinski definition) is 1. The van der Waals surface area contributed by atoms with Crippen LogP contribution >= 0.6 is 11.6 Å². The van der Waals surface area contributed by atoms with E-state index in [4.69, 9.17) is 17.3 Å². The molecule has 3 nitrogen and oxygen atoms in total. The van der Waals surface area contributed by atoms with Gasteiger partial charge in [-0.2, -0.15) is 0 Å². The fraction of sp³-hybridized carbons (Fsp3) is 0. The zero-order chi connectivity index (χ0) is 11.7. The largest absolute Gasteiger partial charge is 0.382 e. The van der Waals surface area contributed by atoms with Crippen LogP contribution in [0.2, 0.25) is 5.02 Å². The van der Waals surface area contributed by atoms with Crippen LogP contribution < -0.4 is 5.73 Å². The Balaban J connectivity index is 2.68. The molecule has 1 aromatic carbocycles. The van der Waals surface area contributed by atoms with E-state index in [-0.39, 0.29) is 22.1 Å². The van der Waals surface area contributed by atoms with Crippen LogP contribution in [0.25, 0.3) is 11.3 Å². The number of hydrogen-bond acceptors (Lipinski definition) is 3. The molecule has 0 amide bonds. The topological polar surface area (TPSA) is 51.8 Å². The van der Waals surface area contributed by atoms with Gasteiger partial charge in [-0.15, -0.1) is 0 Å². The standard InChI is InChI=1S/C10H6ClF2N3/c11-7-9(15-4-16-10(7)14)5-2-1-3-6(12)8(5)13/h1-4H,(H2,14,15,16). The zero-order valence-electron chi connectivity index (χ0n) is 7.92. The fourth-order valence-corrected chi connectivity index (χ4v) is 1.46. The normalized spacial score (nSPS) is 10.4. The molecule has 82 valence electrons. The summed E-state index contributed by atoms with van der Waals surface area (Å²) in [4.78, 5) is 7.42. The van der Waals surface area contributed by atoms with Crippen molar-refractivity contribution in [3.63, 3.8) is 0 Å². The highest BCUT2D eigenvalue weighted by atomic mass is 35.5. The van der Waals surface area contributed by atoms with E-state index >= 15 is 0 Å². The Morgan fingerprint density at radius 3 is 2.69 bits per heavy atom. The van der Waals surface area contributed by atoms with Crippen molar-refractivity contribution in [2.45, 2.75) is 0 Å². The van der Waals surface area contributed by atoms with Crippen molar-refractivity contribution in [3.8, 4) is 11.3 Å². The third-order valence-corrected chi connectivity index (χ3v) is 2.40. The summed E-state index contributed by atoms with van der Waals surface area (Å²) in [5.74, 6) is -1.96. The summed E-state index contributed by atoms with van der Waals surface area (Å²) >= 11 is 5.81. The first-order chi connectivity index (χ1) is 7.61. The summed E-state index contributed by atoms with van der Waals surface area (Å²) in [5, 5.41) is 0.00648. The molecule has 0 unspecified atom stereocenters. The first kappa shape index (κ1) is 10.8. The summed E-state index contributed by atoms with van der Waals surface area (Å²) in [6.07, 6.45) is 1.14. The smallest absolute Gasteiger partial charge is 0.168 e. The molecule has 0 saturated carbocycles. The van der Waals surface area contributed by atoms with Gasteiger partial charge in [0, 0.05) is 5.56 Å². The van der Waals surface area contributed by atoms with E-state index in [1.807, 2.05) is 0 Å². The number of nitrogens with two attached hydrogens (primary N) is 1. The molecular weight excluding hydrogens is 236 g/mol. The quantitative estimate of drug-likeness (QED) is 0.835. The molecule has 0 aliphatic rings. The molecule has 1 heterocycles. The van der Waals surface area contributed by atoms with Crippen molar-refractivity contribution in [2.75, 3.05) is 5.73 Å². The molecule has 2 rings (SSSR count). The summed E-state index contributed by atoms with van der Waals surface area (Å²) in [5.41, 5.74) is 5.48. The van der Waals surface area contributed by atoms with Gasteiger partial charge in [0.2, 0.25) is 0 Å². The Morgan fingerprint density at radius 1 is 1.19 bits per heavy atom. The van der Waals surface area contributed by atoms with E-state index < -0.39 is 11.6 Å². The van der Waals surface area contributed by atoms with Gasteiger partial charge in [0.25, 0.3) is 0 Å². The lowest BCUT2D eigenvalue weighted by atomic mass is 10.1. The maximum absolute atomic E-state index is 13.5. The van der Waals surface area contributed by atoms with Gasteiger partial charge in [-0.1, -0.05) is 17.7 Å². The minimum Gasteiger partial charge on any atom is -0.382 e. The summed E-state index contributed by atoms with van der Waals surface area (Å²) in [6, 6.07) is 3.74. The number of nitrogens with zero attached hydrogens (tertiary/aromatic N) is 2. The summed E-state index contributed by atoms with van der Waals surface area (Å²) in [6.45, 7) is 0. The fourth-order valence-electron chi connectivity index (χ4n) is 1.26. The van der Waals surface area contributed by atoms with Crippen LogP contribution in [-0.4, -0.2) is 9.97 Å². The second-order valence-electron chi connectivity index (χ2n) is 3.02. The monoisotopic (exact) mass is 241 g/mol. The highest BCUT2D eigenvalue weighted by Gasteiger charge is 2.15. The Morgan fingerprint density at radius 2 is 1.94 bits per heavy atom. The molecule has 0 spiro atoms.